The van der Waals surface area contributed by atoms with Crippen LogP contribution in [0, 0.1) is 11.3 Å². The number of alkyl halides is 12. The van der Waals surface area contributed by atoms with Gasteiger partial charge in [0.1, 0.15) is 0 Å². The SMILES string of the molecule is CCC(C=NC(=O)C(C)(C)CC)C(F)(F)C(F)(F)C(F)(F)C(F)(F)C(F)(F)C(F)F. The summed E-state index contributed by atoms with van der Waals surface area (Å²) >= 11 is 0. The molecule has 1 atom stereocenters. The summed E-state index contributed by atoms with van der Waals surface area (Å²) in [6.45, 7) is 4.74. The van der Waals surface area contributed by atoms with Crippen LogP contribution in [0.5, 0.6) is 0 Å². The summed E-state index contributed by atoms with van der Waals surface area (Å²) in [5.41, 5.74) is -1.27. The van der Waals surface area contributed by atoms with Crippen LogP contribution in [-0.2, 0) is 4.79 Å². The first-order chi connectivity index (χ1) is 13.1. The molecule has 178 valence electrons. The molecule has 0 aliphatic heterocycles. The van der Waals surface area contributed by atoms with Gasteiger partial charge in [-0.15, -0.1) is 0 Å². The van der Waals surface area contributed by atoms with Crippen LogP contribution in [0.1, 0.15) is 40.5 Å². The summed E-state index contributed by atoms with van der Waals surface area (Å²) in [6, 6.07) is 0. The molecule has 0 aromatic rings. The maximum Gasteiger partial charge on any atom is 0.384 e. The van der Waals surface area contributed by atoms with Crippen molar-refractivity contribution in [3.05, 3.63) is 0 Å². The first kappa shape index (κ1) is 28.5. The number of halogens is 12. The van der Waals surface area contributed by atoms with Crippen LogP contribution in [0.2, 0.25) is 0 Å². The molecule has 0 bridgehead atoms. The fraction of sp³-hybridized carbons (Fsp3) is 0.875. The second kappa shape index (κ2) is 8.56. The Hall–Kier alpha value is -1.50. The molecule has 1 amide bonds. The van der Waals surface area contributed by atoms with Crippen LogP contribution in [-0.4, -0.2) is 48.2 Å². The Balaban J connectivity index is 6.28. The zero-order valence-electron chi connectivity index (χ0n) is 16.0. The number of hydrogen-bond donors (Lipinski definition) is 0. The van der Waals surface area contributed by atoms with Crippen molar-refractivity contribution in [3.8, 4) is 0 Å². The fourth-order valence-corrected chi connectivity index (χ4v) is 1.92. The van der Waals surface area contributed by atoms with Crippen LogP contribution < -0.4 is 0 Å². The molecule has 0 fully saturated rings. The Bertz CT molecular complexity index is 642. The zero-order chi connectivity index (χ0) is 24.6. The van der Waals surface area contributed by atoms with E-state index in [9.17, 15) is 57.5 Å². The molecule has 0 spiro atoms. The molecule has 0 heterocycles. The number of rotatable bonds is 10. The maximum atomic E-state index is 14.1. The molecule has 14 heteroatoms. The average molecular weight is 469 g/mol. The molecule has 0 aliphatic carbocycles. The Morgan fingerprint density at radius 1 is 0.800 bits per heavy atom. The first-order valence-electron chi connectivity index (χ1n) is 8.35. The van der Waals surface area contributed by atoms with Gasteiger partial charge in [0.15, 0.2) is 0 Å². The van der Waals surface area contributed by atoms with Gasteiger partial charge in [-0.25, -0.2) is 13.8 Å². The highest BCUT2D eigenvalue weighted by Crippen LogP contribution is 2.59. The average Bonchev–Trinajstić information content (AvgIpc) is 2.60. The standard InChI is InChI=1S/C16H19F12NO/c1-5-8(7-29-10(30)11(3,4)6-2)12(19,20)14(23,24)16(27,28)15(25,26)13(21,22)9(17)18/h7-9H,5-6H2,1-4H3. The monoisotopic (exact) mass is 469 g/mol. The quantitative estimate of drug-likeness (QED) is 0.266. The van der Waals surface area contributed by atoms with E-state index in [1.165, 1.54) is 20.8 Å². The van der Waals surface area contributed by atoms with Crippen molar-refractivity contribution in [1.29, 1.82) is 0 Å². The number of carbonyl (C=O) groups is 1. The van der Waals surface area contributed by atoms with E-state index in [1.54, 1.807) is 0 Å². The number of carbonyl (C=O) groups excluding carboxylic acids is 1. The van der Waals surface area contributed by atoms with Crippen LogP contribution in [0.15, 0.2) is 4.99 Å². The number of hydrogen-bond acceptors (Lipinski definition) is 1. The van der Waals surface area contributed by atoms with Gasteiger partial charge >= 0.3 is 36.0 Å². The van der Waals surface area contributed by atoms with Gasteiger partial charge in [0.05, 0.1) is 5.92 Å². The Morgan fingerprint density at radius 2 is 1.20 bits per heavy atom. The van der Waals surface area contributed by atoms with E-state index < -0.39 is 59.7 Å². The highest BCUT2D eigenvalue weighted by Gasteiger charge is 2.88. The smallest absolute Gasteiger partial charge is 0.272 e. The third kappa shape index (κ3) is 4.41. The third-order valence-electron chi connectivity index (χ3n) is 4.64. The van der Waals surface area contributed by atoms with Crippen molar-refractivity contribution < 1.29 is 57.5 Å². The van der Waals surface area contributed by atoms with E-state index in [-0.39, 0.29) is 12.6 Å². The number of amides is 1. The van der Waals surface area contributed by atoms with Crippen molar-refractivity contribution >= 4 is 12.1 Å². The predicted molar refractivity (Wildman–Crippen MR) is 82.1 cm³/mol. The highest BCUT2D eigenvalue weighted by atomic mass is 19.4. The molecule has 0 aliphatic rings. The van der Waals surface area contributed by atoms with Crippen LogP contribution in [0.3, 0.4) is 0 Å². The lowest BCUT2D eigenvalue weighted by Gasteiger charge is -2.40. The molecule has 2 nitrogen and oxygen atoms in total. The minimum Gasteiger partial charge on any atom is -0.272 e. The first-order valence-corrected chi connectivity index (χ1v) is 8.35. The molecule has 0 saturated carbocycles. The Morgan fingerprint density at radius 3 is 1.53 bits per heavy atom. The summed E-state index contributed by atoms with van der Waals surface area (Å²) in [6.07, 6.45) is -6.80. The van der Waals surface area contributed by atoms with E-state index in [0.29, 0.717) is 6.92 Å². The molecule has 30 heavy (non-hydrogen) atoms. The molecule has 0 rings (SSSR count). The van der Waals surface area contributed by atoms with Crippen LogP contribution in [0.4, 0.5) is 52.7 Å². The van der Waals surface area contributed by atoms with Gasteiger partial charge in [0.2, 0.25) is 0 Å². The lowest BCUT2D eigenvalue weighted by molar-refractivity contribution is -0.415. The van der Waals surface area contributed by atoms with Crippen molar-refractivity contribution in [2.75, 3.05) is 0 Å². The van der Waals surface area contributed by atoms with Crippen molar-refractivity contribution in [3.63, 3.8) is 0 Å². The second-order valence-corrected chi connectivity index (χ2v) is 7.11. The second-order valence-electron chi connectivity index (χ2n) is 7.11. The molecule has 0 aromatic heterocycles. The fourth-order valence-electron chi connectivity index (χ4n) is 1.92. The van der Waals surface area contributed by atoms with Crippen LogP contribution in [0.25, 0.3) is 0 Å². The topological polar surface area (TPSA) is 29.4 Å². The summed E-state index contributed by atoms with van der Waals surface area (Å²) in [4.78, 5) is 14.7. The summed E-state index contributed by atoms with van der Waals surface area (Å²) in [7, 11) is 0. The number of nitrogens with zero attached hydrogens (tertiary/aromatic N) is 1. The number of aliphatic imine (C=N–C) groups is 1. The summed E-state index contributed by atoms with van der Waals surface area (Å²) in [5.74, 6) is -39.8. The molecule has 0 saturated heterocycles. The molecule has 0 radical (unpaired) electrons. The minimum absolute atomic E-state index is 0.0967. The highest BCUT2D eigenvalue weighted by molar-refractivity contribution is 5.89. The molecule has 1 unspecified atom stereocenters. The van der Waals surface area contributed by atoms with Gasteiger partial charge in [-0.05, 0) is 12.8 Å². The van der Waals surface area contributed by atoms with Gasteiger partial charge in [-0.3, -0.25) is 4.79 Å². The van der Waals surface area contributed by atoms with Gasteiger partial charge in [-0.2, -0.15) is 43.9 Å². The summed E-state index contributed by atoms with van der Waals surface area (Å²) in [5, 5.41) is 0. The molecule has 0 N–H and O–H groups in total. The Kier molecular flexibility index (Phi) is 8.13. The molecule has 0 aromatic carbocycles. The van der Waals surface area contributed by atoms with Gasteiger partial charge < -0.3 is 0 Å². The van der Waals surface area contributed by atoms with Crippen molar-refractivity contribution in [1.82, 2.24) is 0 Å². The van der Waals surface area contributed by atoms with E-state index in [2.05, 4.69) is 4.99 Å². The third-order valence-corrected chi connectivity index (χ3v) is 4.64. The maximum absolute atomic E-state index is 14.1. The largest absolute Gasteiger partial charge is 0.384 e. The molecular weight excluding hydrogens is 450 g/mol. The van der Waals surface area contributed by atoms with Crippen molar-refractivity contribution in [2.45, 2.75) is 76.6 Å². The van der Waals surface area contributed by atoms with E-state index in [4.69, 9.17) is 0 Å². The Labute approximate surface area is 163 Å². The normalized spacial score (nSPS) is 16.4. The predicted octanol–water partition coefficient (Wildman–Crippen LogP) is 6.49. The lowest BCUT2D eigenvalue weighted by atomic mass is 9.86. The van der Waals surface area contributed by atoms with E-state index in [1.807, 2.05) is 0 Å². The van der Waals surface area contributed by atoms with Crippen LogP contribution >= 0.6 is 0 Å². The van der Waals surface area contributed by atoms with Gasteiger partial charge in [0, 0.05) is 11.6 Å². The van der Waals surface area contributed by atoms with Crippen molar-refractivity contribution in [2.24, 2.45) is 16.3 Å². The van der Waals surface area contributed by atoms with Gasteiger partial charge in [0.25, 0.3) is 5.91 Å². The summed E-state index contributed by atoms with van der Waals surface area (Å²) < 4.78 is 159. The van der Waals surface area contributed by atoms with E-state index in [0.717, 1.165) is 0 Å². The zero-order valence-corrected chi connectivity index (χ0v) is 16.0. The lowest BCUT2D eigenvalue weighted by Crippen LogP contribution is -2.69. The minimum atomic E-state index is -7.60. The van der Waals surface area contributed by atoms with Gasteiger partial charge in [-0.1, -0.05) is 27.7 Å². The van der Waals surface area contributed by atoms with E-state index >= 15 is 0 Å². The molecular formula is C16H19F12NO.